The van der Waals surface area contributed by atoms with Crippen molar-refractivity contribution in [3.8, 4) is 0 Å². The summed E-state index contributed by atoms with van der Waals surface area (Å²) in [5.74, 6) is -0.399. The number of hydrogen-bond donors (Lipinski definition) is 1. The molecular formula is C24H30N2O4S. The van der Waals surface area contributed by atoms with Gasteiger partial charge in [0.1, 0.15) is 0 Å². The van der Waals surface area contributed by atoms with Gasteiger partial charge in [0.05, 0.1) is 4.90 Å². The van der Waals surface area contributed by atoms with Crippen LogP contribution in [0.4, 0.5) is 5.69 Å². The minimum absolute atomic E-state index is 0.0282. The van der Waals surface area contributed by atoms with Gasteiger partial charge in [-0.25, -0.2) is 8.42 Å². The van der Waals surface area contributed by atoms with E-state index in [4.69, 9.17) is 0 Å². The van der Waals surface area contributed by atoms with E-state index < -0.39 is 10.0 Å². The molecule has 0 aromatic heterocycles. The molecule has 0 saturated carbocycles. The standard InChI is InChI=1S/C24H30N2O4S/c1-17(27)18-5-9-21(10-6-18)25-23(28)19-13-15-26(16-14-19)31(29,30)22-11-7-20(8-12-22)24(2,3)4/h5-12,19H,13-16H2,1-4H3,(H,25,28). The van der Waals surface area contributed by atoms with Crippen LogP contribution in [0, 0.1) is 5.92 Å². The van der Waals surface area contributed by atoms with Crippen molar-refractivity contribution in [2.45, 2.75) is 50.8 Å². The van der Waals surface area contributed by atoms with Crippen LogP contribution in [0.2, 0.25) is 0 Å². The van der Waals surface area contributed by atoms with Crippen LogP contribution in [0.25, 0.3) is 0 Å². The number of nitrogens with zero attached hydrogens (tertiary/aromatic N) is 1. The van der Waals surface area contributed by atoms with Gasteiger partial charge in [-0.15, -0.1) is 0 Å². The third-order valence-corrected chi connectivity index (χ3v) is 7.65. The van der Waals surface area contributed by atoms with Crippen LogP contribution in [0.5, 0.6) is 0 Å². The van der Waals surface area contributed by atoms with Gasteiger partial charge in [-0.1, -0.05) is 32.9 Å². The highest BCUT2D eigenvalue weighted by Crippen LogP contribution is 2.27. The first-order chi connectivity index (χ1) is 14.5. The molecular weight excluding hydrogens is 412 g/mol. The maximum atomic E-state index is 13.0. The number of Topliss-reactive ketones (excluding diaryl/α,β-unsaturated/α-hetero) is 1. The van der Waals surface area contributed by atoms with Crippen molar-refractivity contribution in [1.82, 2.24) is 4.31 Å². The lowest BCUT2D eigenvalue weighted by atomic mass is 9.87. The van der Waals surface area contributed by atoms with E-state index in [0.29, 0.717) is 37.2 Å². The summed E-state index contributed by atoms with van der Waals surface area (Å²) in [5, 5.41) is 2.87. The number of amides is 1. The first kappa shape index (κ1) is 23.2. The number of benzene rings is 2. The van der Waals surface area contributed by atoms with Gasteiger partial charge in [0.25, 0.3) is 0 Å². The molecule has 0 aliphatic carbocycles. The predicted octanol–water partition coefficient (Wildman–Crippen LogP) is 4.23. The Hall–Kier alpha value is -2.51. The predicted molar refractivity (Wildman–Crippen MR) is 122 cm³/mol. The number of ketones is 1. The normalized spacial score (nSPS) is 16.1. The van der Waals surface area contributed by atoms with E-state index in [9.17, 15) is 18.0 Å². The number of sulfonamides is 1. The van der Waals surface area contributed by atoms with E-state index in [1.807, 2.05) is 12.1 Å². The Kier molecular flexibility index (Phi) is 6.67. The third kappa shape index (κ3) is 5.40. The van der Waals surface area contributed by atoms with Gasteiger partial charge in [-0.2, -0.15) is 4.31 Å². The van der Waals surface area contributed by atoms with Gasteiger partial charge < -0.3 is 5.32 Å². The van der Waals surface area contributed by atoms with Crippen molar-refractivity contribution in [3.63, 3.8) is 0 Å². The molecule has 166 valence electrons. The SMILES string of the molecule is CC(=O)c1ccc(NC(=O)C2CCN(S(=O)(=O)c3ccc(C(C)(C)C)cc3)CC2)cc1. The van der Waals surface area contributed by atoms with Crippen LogP contribution < -0.4 is 5.32 Å². The van der Waals surface area contributed by atoms with Gasteiger partial charge in [0.2, 0.25) is 15.9 Å². The Bertz CT molecular complexity index is 1040. The lowest BCUT2D eigenvalue weighted by Crippen LogP contribution is -2.41. The monoisotopic (exact) mass is 442 g/mol. The molecule has 1 N–H and O–H groups in total. The largest absolute Gasteiger partial charge is 0.326 e. The fraction of sp³-hybridized carbons (Fsp3) is 0.417. The molecule has 1 fully saturated rings. The molecule has 0 bridgehead atoms. The Labute approximate surface area is 184 Å². The zero-order chi connectivity index (χ0) is 22.8. The van der Waals surface area contributed by atoms with Crippen molar-refractivity contribution in [3.05, 3.63) is 59.7 Å². The minimum Gasteiger partial charge on any atom is -0.326 e. The molecule has 1 aliphatic rings. The van der Waals surface area contributed by atoms with Crippen LogP contribution in [0.15, 0.2) is 53.4 Å². The summed E-state index contributed by atoms with van der Waals surface area (Å²) in [6, 6.07) is 13.8. The number of carbonyl (C=O) groups is 2. The quantitative estimate of drug-likeness (QED) is 0.703. The zero-order valence-electron chi connectivity index (χ0n) is 18.5. The first-order valence-corrected chi connectivity index (χ1v) is 11.9. The van der Waals surface area contributed by atoms with Crippen LogP contribution in [0.1, 0.15) is 56.5 Å². The van der Waals surface area contributed by atoms with Crippen LogP contribution in [-0.4, -0.2) is 37.5 Å². The number of piperidine rings is 1. The summed E-state index contributed by atoms with van der Waals surface area (Å²) < 4.78 is 27.5. The molecule has 0 spiro atoms. The minimum atomic E-state index is -3.58. The summed E-state index contributed by atoms with van der Waals surface area (Å²) in [6.45, 7) is 8.38. The molecule has 1 heterocycles. The maximum absolute atomic E-state index is 13.0. The van der Waals surface area contributed by atoms with Crippen molar-refractivity contribution in [2.75, 3.05) is 18.4 Å². The maximum Gasteiger partial charge on any atom is 0.243 e. The van der Waals surface area contributed by atoms with E-state index >= 15 is 0 Å². The summed E-state index contributed by atoms with van der Waals surface area (Å²) in [7, 11) is -3.58. The third-order valence-electron chi connectivity index (χ3n) is 5.74. The van der Waals surface area contributed by atoms with E-state index in [1.165, 1.54) is 11.2 Å². The Balaban J connectivity index is 1.60. The molecule has 31 heavy (non-hydrogen) atoms. The summed E-state index contributed by atoms with van der Waals surface area (Å²) in [4.78, 5) is 24.2. The van der Waals surface area contributed by atoms with E-state index in [2.05, 4.69) is 26.1 Å². The Morgan fingerprint density at radius 1 is 0.935 bits per heavy atom. The summed E-state index contributed by atoms with van der Waals surface area (Å²) in [6.07, 6.45) is 0.938. The second-order valence-corrected chi connectivity index (χ2v) is 11.0. The van der Waals surface area contributed by atoms with E-state index in [-0.39, 0.29) is 27.9 Å². The van der Waals surface area contributed by atoms with Crippen LogP contribution in [0.3, 0.4) is 0 Å². The Morgan fingerprint density at radius 3 is 1.97 bits per heavy atom. The molecule has 1 aliphatic heterocycles. The van der Waals surface area contributed by atoms with Crippen molar-refractivity contribution < 1.29 is 18.0 Å². The van der Waals surface area contributed by atoms with Gasteiger partial charge >= 0.3 is 0 Å². The fourth-order valence-electron chi connectivity index (χ4n) is 3.67. The van der Waals surface area contributed by atoms with Gasteiger partial charge in [-0.05, 0) is 67.1 Å². The molecule has 2 aromatic rings. The molecule has 2 aromatic carbocycles. The highest BCUT2D eigenvalue weighted by molar-refractivity contribution is 7.89. The second-order valence-electron chi connectivity index (χ2n) is 9.08. The molecule has 7 heteroatoms. The summed E-state index contributed by atoms with van der Waals surface area (Å²) >= 11 is 0. The van der Waals surface area contributed by atoms with Crippen molar-refractivity contribution >= 4 is 27.4 Å². The highest BCUT2D eigenvalue weighted by atomic mass is 32.2. The summed E-state index contributed by atoms with van der Waals surface area (Å²) in [5.41, 5.74) is 2.26. The first-order valence-electron chi connectivity index (χ1n) is 10.5. The van der Waals surface area contributed by atoms with Gasteiger partial charge in [0, 0.05) is 30.3 Å². The number of rotatable bonds is 5. The highest BCUT2D eigenvalue weighted by Gasteiger charge is 2.32. The van der Waals surface area contributed by atoms with E-state index in [1.54, 1.807) is 36.4 Å². The lowest BCUT2D eigenvalue weighted by Gasteiger charge is -2.30. The molecule has 0 atom stereocenters. The average Bonchev–Trinajstić information content (AvgIpc) is 2.73. The second kappa shape index (κ2) is 8.93. The zero-order valence-corrected chi connectivity index (χ0v) is 19.3. The lowest BCUT2D eigenvalue weighted by molar-refractivity contribution is -0.120. The number of anilines is 1. The molecule has 0 unspecified atom stereocenters. The average molecular weight is 443 g/mol. The molecule has 1 amide bonds. The smallest absolute Gasteiger partial charge is 0.243 e. The van der Waals surface area contributed by atoms with Gasteiger partial charge in [-0.3, -0.25) is 9.59 Å². The molecule has 6 nitrogen and oxygen atoms in total. The topological polar surface area (TPSA) is 83.6 Å². The number of hydrogen-bond acceptors (Lipinski definition) is 4. The Morgan fingerprint density at radius 2 is 1.48 bits per heavy atom. The van der Waals surface area contributed by atoms with Crippen molar-refractivity contribution in [2.24, 2.45) is 5.92 Å². The van der Waals surface area contributed by atoms with Crippen molar-refractivity contribution in [1.29, 1.82) is 0 Å². The number of nitrogens with one attached hydrogen (secondary N) is 1. The van der Waals surface area contributed by atoms with Gasteiger partial charge in [0.15, 0.2) is 5.78 Å². The van der Waals surface area contributed by atoms with Crippen LogP contribution >= 0.6 is 0 Å². The van der Waals surface area contributed by atoms with E-state index in [0.717, 1.165) is 5.56 Å². The van der Waals surface area contributed by atoms with Crippen LogP contribution in [-0.2, 0) is 20.2 Å². The molecule has 3 rings (SSSR count). The molecule has 1 saturated heterocycles. The fourth-order valence-corrected chi connectivity index (χ4v) is 5.14. The molecule has 0 radical (unpaired) electrons. The number of carbonyl (C=O) groups excluding carboxylic acids is 2.